The summed E-state index contributed by atoms with van der Waals surface area (Å²) in [7, 11) is 0. The molecule has 0 atom stereocenters. The summed E-state index contributed by atoms with van der Waals surface area (Å²) in [6.45, 7) is 7.68. The Balaban J connectivity index is 0.00000121. The molecule has 0 unspecified atom stereocenters. The van der Waals surface area contributed by atoms with Gasteiger partial charge >= 0.3 is 0 Å². The third-order valence-electron chi connectivity index (χ3n) is 1.57. The second-order valence-electron chi connectivity index (χ2n) is 2.54. The van der Waals surface area contributed by atoms with Crippen LogP contribution in [0.4, 0.5) is 0 Å². The minimum absolute atomic E-state index is 0. The Morgan fingerprint density at radius 1 is 1.67 bits per heavy atom. The molecule has 0 aliphatic rings. The SMILES string of the molecule is C.C=C/C(C)=C\c1cn[nH]c1C. The largest absolute Gasteiger partial charge is 0.282 e. The highest BCUT2D eigenvalue weighted by molar-refractivity contribution is 5.55. The monoisotopic (exact) mass is 164 g/mol. The molecule has 1 aromatic heterocycles. The molecule has 0 aromatic carbocycles. The van der Waals surface area contributed by atoms with E-state index in [0.717, 1.165) is 16.8 Å². The zero-order chi connectivity index (χ0) is 8.27. The first-order valence-corrected chi connectivity index (χ1v) is 3.54. The van der Waals surface area contributed by atoms with E-state index in [2.05, 4.69) is 16.8 Å². The van der Waals surface area contributed by atoms with Crippen LogP contribution in [0.3, 0.4) is 0 Å². The van der Waals surface area contributed by atoms with Crippen LogP contribution in [0.2, 0.25) is 0 Å². The van der Waals surface area contributed by atoms with Gasteiger partial charge in [-0.25, -0.2) is 0 Å². The molecule has 1 aromatic rings. The molecule has 0 radical (unpaired) electrons. The van der Waals surface area contributed by atoms with E-state index >= 15 is 0 Å². The Morgan fingerprint density at radius 3 is 2.75 bits per heavy atom. The van der Waals surface area contributed by atoms with Crippen LogP contribution < -0.4 is 0 Å². The van der Waals surface area contributed by atoms with Crippen LogP contribution in [0.25, 0.3) is 6.08 Å². The van der Waals surface area contributed by atoms with Gasteiger partial charge in [0.25, 0.3) is 0 Å². The van der Waals surface area contributed by atoms with Crippen molar-refractivity contribution in [3.8, 4) is 0 Å². The number of aromatic nitrogens is 2. The van der Waals surface area contributed by atoms with Gasteiger partial charge in [-0.05, 0) is 19.9 Å². The lowest BCUT2D eigenvalue weighted by Crippen LogP contribution is -1.74. The van der Waals surface area contributed by atoms with E-state index < -0.39 is 0 Å². The first-order valence-electron chi connectivity index (χ1n) is 3.54. The average molecular weight is 164 g/mol. The zero-order valence-corrected chi connectivity index (χ0v) is 6.89. The van der Waals surface area contributed by atoms with Crippen molar-refractivity contribution in [2.45, 2.75) is 21.3 Å². The van der Waals surface area contributed by atoms with Crippen molar-refractivity contribution in [2.75, 3.05) is 0 Å². The van der Waals surface area contributed by atoms with Gasteiger partial charge in [0.1, 0.15) is 0 Å². The molecular weight excluding hydrogens is 148 g/mol. The summed E-state index contributed by atoms with van der Waals surface area (Å²) in [5, 5.41) is 6.77. The second kappa shape index (κ2) is 4.54. The molecule has 2 heteroatoms. The maximum atomic E-state index is 3.91. The van der Waals surface area contributed by atoms with Crippen LogP contribution in [-0.2, 0) is 0 Å². The third-order valence-corrected chi connectivity index (χ3v) is 1.57. The molecule has 1 heterocycles. The zero-order valence-electron chi connectivity index (χ0n) is 6.89. The number of nitrogens with one attached hydrogen (secondary N) is 1. The molecule has 0 fully saturated rings. The summed E-state index contributed by atoms with van der Waals surface area (Å²) >= 11 is 0. The normalized spacial score (nSPS) is 10.7. The molecule has 0 spiro atoms. The molecular formula is C10H16N2. The Hall–Kier alpha value is -1.31. The van der Waals surface area contributed by atoms with E-state index in [1.54, 1.807) is 0 Å². The van der Waals surface area contributed by atoms with Crippen LogP contribution in [0.5, 0.6) is 0 Å². The average Bonchev–Trinajstić information content (AvgIpc) is 2.37. The second-order valence-corrected chi connectivity index (χ2v) is 2.54. The molecule has 1 rings (SSSR count). The van der Waals surface area contributed by atoms with Gasteiger partial charge < -0.3 is 0 Å². The highest BCUT2D eigenvalue weighted by Crippen LogP contribution is 2.08. The molecule has 12 heavy (non-hydrogen) atoms. The fourth-order valence-electron chi connectivity index (χ4n) is 0.810. The first-order chi connectivity index (χ1) is 5.24. The molecule has 2 nitrogen and oxygen atoms in total. The van der Waals surface area contributed by atoms with E-state index in [-0.39, 0.29) is 7.43 Å². The van der Waals surface area contributed by atoms with Crippen LogP contribution >= 0.6 is 0 Å². The van der Waals surface area contributed by atoms with E-state index in [1.807, 2.05) is 32.2 Å². The Bertz CT molecular complexity index is 282. The predicted octanol–water partition coefficient (Wildman–Crippen LogP) is 2.94. The minimum atomic E-state index is 0. The lowest BCUT2D eigenvalue weighted by atomic mass is 10.2. The number of aromatic amines is 1. The van der Waals surface area contributed by atoms with E-state index in [9.17, 15) is 0 Å². The summed E-state index contributed by atoms with van der Waals surface area (Å²) in [5.41, 5.74) is 3.36. The van der Waals surface area contributed by atoms with Crippen molar-refractivity contribution in [2.24, 2.45) is 0 Å². The number of aryl methyl sites for hydroxylation is 1. The van der Waals surface area contributed by atoms with Gasteiger partial charge in [-0.1, -0.05) is 25.7 Å². The van der Waals surface area contributed by atoms with Crippen LogP contribution in [0.1, 0.15) is 25.6 Å². The van der Waals surface area contributed by atoms with Crippen LogP contribution in [-0.4, -0.2) is 10.2 Å². The lowest BCUT2D eigenvalue weighted by Gasteiger charge is -1.90. The summed E-state index contributed by atoms with van der Waals surface area (Å²) in [5.74, 6) is 0. The van der Waals surface area contributed by atoms with Gasteiger partial charge in [0.2, 0.25) is 0 Å². The standard InChI is InChI=1S/C9H12N2.CH4/c1-4-7(2)5-9-6-10-11-8(9)3;/h4-6H,1H2,2-3H3,(H,10,11);1H4/b7-5-;. The number of H-pyrrole nitrogens is 1. The highest BCUT2D eigenvalue weighted by atomic mass is 15.1. The van der Waals surface area contributed by atoms with Gasteiger partial charge in [-0.2, -0.15) is 5.10 Å². The van der Waals surface area contributed by atoms with Crippen molar-refractivity contribution in [3.05, 3.63) is 35.7 Å². The summed E-state index contributed by atoms with van der Waals surface area (Å²) in [6, 6.07) is 0. The molecule has 1 N–H and O–H groups in total. The number of hydrogen-bond acceptors (Lipinski definition) is 1. The fourth-order valence-corrected chi connectivity index (χ4v) is 0.810. The highest BCUT2D eigenvalue weighted by Gasteiger charge is 1.94. The maximum absolute atomic E-state index is 3.91. The van der Waals surface area contributed by atoms with Crippen molar-refractivity contribution in [1.82, 2.24) is 10.2 Å². The van der Waals surface area contributed by atoms with Gasteiger partial charge in [0.15, 0.2) is 0 Å². The van der Waals surface area contributed by atoms with E-state index in [4.69, 9.17) is 0 Å². The number of rotatable bonds is 2. The summed E-state index contributed by atoms with van der Waals surface area (Å²) < 4.78 is 0. The molecule has 0 aliphatic carbocycles. The fraction of sp³-hybridized carbons (Fsp3) is 0.300. The molecule has 66 valence electrons. The molecule has 0 saturated heterocycles. The predicted molar refractivity (Wildman–Crippen MR) is 53.9 cm³/mol. The van der Waals surface area contributed by atoms with E-state index in [1.165, 1.54) is 0 Å². The molecule has 0 amide bonds. The maximum Gasteiger partial charge on any atom is 0.0562 e. The topological polar surface area (TPSA) is 28.7 Å². The third kappa shape index (κ3) is 2.38. The Morgan fingerprint density at radius 2 is 2.33 bits per heavy atom. The number of allylic oxidation sites excluding steroid dienone is 2. The van der Waals surface area contributed by atoms with E-state index in [0.29, 0.717) is 0 Å². The van der Waals surface area contributed by atoms with Crippen LogP contribution in [0.15, 0.2) is 24.4 Å². The van der Waals surface area contributed by atoms with Crippen molar-refractivity contribution < 1.29 is 0 Å². The molecule has 0 saturated carbocycles. The first kappa shape index (κ1) is 10.7. The molecule has 0 bridgehead atoms. The number of hydrogen-bond donors (Lipinski definition) is 1. The quantitative estimate of drug-likeness (QED) is 0.669. The van der Waals surface area contributed by atoms with Crippen molar-refractivity contribution in [1.29, 1.82) is 0 Å². The van der Waals surface area contributed by atoms with Crippen molar-refractivity contribution in [3.63, 3.8) is 0 Å². The van der Waals surface area contributed by atoms with Gasteiger partial charge in [0.05, 0.1) is 6.20 Å². The lowest BCUT2D eigenvalue weighted by molar-refractivity contribution is 1.05. The van der Waals surface area contributed by atoms with Gasteiger partial charge in [-0.3, -0.25) is 5.10 Å². The minimum Gasteiger partial charge on any atom is -0.282 e. The van der Waals surface area contributed by atoms with Gasteiger partial charge in [-0.15, -0.1) is 0 Å². The van der Waals surface area contributed by atoms with Gasteiger partial charge in [0, 0.05) is 11.3 Å². The van der Waals surface area contributed by atoms with Crippen molar-refractivity contribution >= 4 is 6.08 Å². The van der Waals surface area contributed by atoms with Crippen LogP contribution in [0, 0.1) is 6.92 Å². The smallest absolute Gasteiger partial charge is 0.0562 e. The summed E-state index contributed by atoms with van der Waals surface area (Å²) in [6.07, 6.45) is 5.68. The summed E-state index contributed by atoms with van der Waals surface area (Å²) in [4.78, 5) is 0. The Labute approximate surface area is 74.0 Å². The number of nitrogens with zero attached hydrogens (tertiary/aromatic N) is 1. The molecule has 0 aliphatic heterocycles. The Kier molecular flexibility index (Phi) is 4.05.